The number of ether oxygens (including phenoxy) is 4. The van der Waals surface area contributed by atoms with E-state index in [-0.39, 0.29) is 6.29 Å². The molecule has 0 aromatic carbocycles. The number of aromatic nitrogens is 2. The lowest BCUT2D eigenvalue weighted by atomic mass is 10.1. The molecule has 2 aromatic rings. The number of pyridine rings is 2. The fourth-order valence-electron chi connectivity index (χ4n) is 2.62. The second-order valence-electron chi connectivity index (χ2n) is 5.23. The first kappa shape index (κ1) is 15.0. The van der Waals surface area contributed by atoms with Gasteiger partial charge in [0.25, 0.3) is 0 Å². The lowest BCUT2D eigenvalue weighted by Gasteiger charge is -2.13. The number of halogens is 1. The van der Waals surface area contributed by atoms with Gasteiger partial charge in [-0.3, -0.25) is 4.98 Å². The highest BCUT2D eigenvalue weighted by molar-refractivity contribution is 6.29. The van der Waals surface area contributed by atoms with Crippen molar-refractivity contribution in [1.82, 2.24) is 9.97 Å². The molecule has 2 aliphatic rings. The Kier molecular flexibility index (Phi) is 4.24. The molecular weight excluding hydrogens is 320 g/mol. The molecule has 0 radical (unpaired) electrons. The predicted molar refractivity (Wildman–Crippen MR) is 81.8 cm³/mol. The van der Waals surface area contributed by atoms with Gasteiger partial charge in [-0.1, -0.05) is 11.6 Å². The molecule has 23 heavy (non-hydrogen) atoms. The van der Waals surface area contributed by atoms with Gasteiger partial charge in [-0.2, -0.15) is 0 Å². The zero-order valence-electron chi connectivity index (χ0n) is 12.3. The third kappa shape index (κ3) is 3.22. The SMILES string of the molecule is Clc1cc(C2OCCO2)cc(-c2cc(C3OCCO3)ccn2)n1. The zero-order valence-corrected chi connectivity index (χ0v) is 13.0. The Hall–Kier alpha value is -1.57. The van der Waals surface area contributed by atoms with E-state index >= 15 is 0 Å². The molecule has 2 aliphatic heterocycles. The minimum Gasteiger partial charge on any atom is -0.346 e. The van der Waals surface area contributed by atoms with Crippen molar-refractivity contribution in [3.63, 3.8) is 0 Å². The fraction of sp³-hybridized carbons (Fsp3) is 0.375. The Balaban J connectivity index is 1.68. The smallest absolute Gasteiger partial charge is 0.184 e. The van der Waals surface area contributed by atoms with Crippen LogP contribution in [0.3, 0.4) is 0 Å². The normalized spacial score (nSPS) is 19.5. The first-order valence-corrected chi connectivity index (χ1v) is 7.77. The van der Waals surface area contributed by atoms with E-state index in [0.29, 0.717) is 43.0 Å². The Bertz CT molecular complexity index is 700. The summed E-state index contributed by atoms with van der Waals surface area (Å²) in [5.74, 6) is 0. The molecule has 0 saturated carbocycles. The van der Waals surface area contributed by atoms with Gasteiger partial charge in [-0.05, 0) is 24.3 Å². The van der Waals surface area contributed by atoms with Gasteiger partial charge < -0.3 is 18.9 Å². The van der Waals surface area contributed by atoms with Gasteiger partial charge in [0.1, 0.15) is 5.15 Å². The summed E-state index contributed by atoms with van der Waals surface area (Å²) in [6.45, 7) is 2.34. The summed E-state index contributed by atoms with van der Waals surface area (Å²) in [4.78, 5) is 8.73. The van der Waals surface area contributed by atoms with Crippen molar-refractivity contribution in [2.45, 2.75) is 12.6 Å². The molecule has 0 bridgehead atoms. The predicted octanol–water partition coefficient (Wildman–Crippen LogP) is 2.89. The summed E-state index contributed by atoms with van der Waals surface area (Å²) in [5.41, 5.74) is 3.09. The van der Waals surface area contributed by atoms with Crippen LogP contribution in [0.4, 0.5) is 0 Å². The third-order valence-electron chi connectivity index (χ3n) is 3.65. The minimum absolute atomic E-state index is 0.350. The van der Waals surface area contributed by atoms with Crippen molar-refractivity contribution >= 4 is 11.6 Å². The van der Waals surface area contributed by atoms with Gasteiger partial charge >= 0.3 is 0 Å². The largest absolute Gasteiger partial charge is 0.346 e. The fourth-order valence-corrected chi connectivity index (χ4v) is 2.84. The number of hydrogen-bond donors (Lipinski definition) is 0. The quantitative estimate of drug-likeness (QED) is 0.804. The Morgan fingerprint density at radius 2 is 1.43 bits per heavy atom. The molecule has 0 N–H and O–H groups in total. The lowest BCUT2D eigenvalue weighted by Crippen LogP contribution is -2.02. The first-order chi connectivity index (χ1) is 11.3. The van der Waals surface area contributed by atoms with Crippen LogP contribution in [-0.2, 0) is 18.9 Å². The summed E-state index contributed by atoms with van der Waals surface area (Å²) in [6.07, 6.45) is 0.955. The van der Waals surface area contributed by atoms with Crippen LogP contribution in [-0.4, -0.2) is 36.4 Å². The average Bonchev–Trinajstić information content (AvgIpc) is 3.28. The lowest BCUT2D eigenvalue weighted by molar-refractivity contribution is -0.0444. The number of rotatable bonds is 3. The second kappa shape index (κ2) is 6.51. The molecule has 2 fully saturated rings. The number of hydrogen-bond acceptors (Lipinski definition) is 6. The van der Waals surface area contributed by atoms with Gasteiger partial charge in [0.2, 0.25) is 0 Å². The summed E-state index contributed by atoms with van der Waals surface area (Å²) < 4.78 is 22.1. The van der Waals surface area contributed by atoms with Crippen LogP contribution >= 0.6 is 11.6 Å². The molecule has 0 amide bonds. The topological polar surface area (TPSA) is 62.7 Å². The van der Waals surface area contributed by atoms with Crippen LogP contribution in [0.15, 0.2) is 30.5 Å². The number of nitrogens with zero attached hydrogens (tertiary/aromatic N) is 2. The van der Waals surface area contributed by atoms with E-state index < -0.39 is 6.29 Å². The molecule has 4 heterocycles. The van der Waals surface area contributed by atoms with Crippen molar-refractivity contribution in [2.75, 3.05) is 26.4 Å². The van der Waals surface area contributed by atoms with Crippen LogP contribution in [0.5, 0.6) is 0 Å². The zero-order chi connectivity index (χ0) is 15.6. The molecule has 0 spiro atoms. The van der Waals surface area contributed by atoms with Crippen molar-refractivity contribution in [2.24, 2.45) is 0 Å². The standard InChI is InChI=1S/C16H15ClN2O4/c17-14-9-11(16-22-5-6-23-16)8-13(19-14)12-7-10(1-2-18-12)15-20-3-4-21-15/h1-2,7-9,15-16H,3-6H2. The van der Waals surface area contributed by atoms with Gasteiger partial charge in [-0.15, -0.1) is 0 Å². The van der Waals surface area contributed by atoms with E-state index in [0.717, 1.165) is 11.1 Å². The van der Waals surface area contributed by atoms with Gasteiger partial charge in [0.05, 0.1) is 37.8 Å². The van der Waals surface area contributed by atoms with Crippen LogP contribution in [0.1, 0.15) is 23.7 Å². The molecule has 120 valence electrons. The highest BCUT2D eigenvalue weighted by Crippen LogP contribution is 2.30. The van der Waals surface area contributed by atoms with Crippen molar-refractivity contribution in [1.29, 1.82) is 0 Å². The Morgan fingerprint density at radius 1 is 0.826 bits per heavy atom. The summed E-state index contributed by atoms with van der Waals surface area (Å²) in [5, 5.41) is 0.372. The van der Waals surface area contributed by atoms with Crippen molar-refractivity contribution in [3.8, 4) is 11.4 Å². The van der Waals surface area contributed by atoms with Gasteiger partial charge in [0.15, 0.2) is 12.6 Å². The molecule has 7 heteroatoms. The highest BCUT2D eigenvalue weighted by atomic mass is 35.5. The summed E-state index contributed by atoms with van der Waals surface area (Å²) in [6, 6.07) is 7.39. The van der Waals surface area contributed by atoms with E-state index in [2.05, 4.69) is 9.97 Å². The van der Waals surface area contributed by atoms with E-state index in [4.69, 9.17) is 30.5 Å². The average molecular weight is 335 g/mol. The molecule has 0 atom stereocenters. The van der Waals surface area contributed by atoms with Crippen molar-refractivity contribution in [3.05, 3.63) is 46.7 Å². The maximum absolute atomic E-state index is 6.15. The molecule has 2 saturated heterocycles. The minimum atomic E-state index is -0.404. The molecule has 4 rings (SSSR count). The summed E-state index contributed by atoms with van der Waals surface area (Å²) >= 11 is 6.15. The van der Waals surface area contributed by atoms with Crippen LogP contribution in [0.25, 0.3) is 11.4 Å². The monoisotopic (exact) mass is 334 g/mol. The molecule has 6 nitrogen and oxygen atoms in total. The maximum Gasteiger partial charge on any atom is 0.184 e. The van der Waals surface area contributed by atoms with Crippen LogP contribution in [0, 0.1) is 0 Å². The van der Waals surface area contributed by atoms with Gasteiger partial charge in [0, 0.05) is 17.3 Å². The van der Waals surface area contributed by atoms with Crippen molar-refractivity contribution < 1.29 is 18.9 Å². The van der Waals surface area contributed by atoms with Crippen LogP contribution in [0.2, 0.25) is 5.15 Å². The summed E-state index contributed by atoms with van der Waals surface area (Å²) in [7, 11) is 0. The van der Waals surface area contributed by atoms with E-state index in [1.165, 1.54) is 0 Å². The maximum atomic E-state index is 6.15. The second-order valence-corrected chi connectivity index (χ2v) is 5.62. The Morgan fingerprint density at radius 3 is 2.13 bits per heavy atom. The van der Waals surface area contributed by atoms with Gasteiger partial charge in [-0.25, -0.2) is 4.98 Å². The molecule has 0 unspecified atom stereocenters. The van der Waals surface area contributed by atoms with E-state index in [1.54, 1.807) is 12.3 Å². The van der Waals surface area contributed by atoms with Crippen LogP contribution < -0.4 is 0 Å². The van der Waals surface area contributed by atoms with E-state index in [9.17, 15) is 0 Å². The molecular formula is C16H15ClN2O4. The highest BCUT2D eigenvalue weighted by Gasteiger charge is 2.22. The third-order valence-corrected chi connectivity index (χ3v) is 3.84. The Labute approximate surface area is 138 Å². The van der Waals surface area contributed by atoms with E-state index in [1.807, 2.05) is 18.2 Å². The first-order valence-electron chi connectivity index (χ1n) is 7.40. The molecule has 2 aromatic heterocycles. The molecule has 0 aliphatic carbocycles.